The summed E-state index contributed by atoms with van der Waals surface area (Å²) in [4.78, 5) is 15.5. The third kappa shape index (κ3) is 4.62. The van der Waals surface area contributed by atoms with Crippen molar-refractivity contribution < 1.29 is 5.32 Å². The second-order valence-corrected chi connectivity index (χ2v) is 4.27. The molecule has 8 heteroatoms. The fourth-order valence-corrected chi connectivity index (χ4v) is 1.49. The molecular formula is C13H20N7S+. The molecule has 0 spiro atoms. The van der Waals surface area contributed by atoms with Gasteiger partial charge < -0.3 is 16.5 Å². The van der Waals surface area contributed by atoms with Crippen molar-refractivity contribution in [3.63, 3.8) is 0 Å². The summed E-state index contributed by atoms with van der Waals surface area (Å²) in [5.74, 6) is 0.867. The number of nitrogen functional groups attached to an aromatic ring is 1. The van der Waals surface area contributed by atoms with E-state index in [1.54, 1.807) is 6.33 Å². The molecule has 0 radical (unpaired) electrons. The minimum Gasteiger partial charge on any atom is -0.390 e. The molecule has 0 aliphatic rings. The number of rotatable bonds is 4. The molecule has 112 valence electrons. The second-order valence-electron chi connectivity index (χ2n) is 3.83. The van der Waals surface area contributed by atoms with E-state index in [1.165, 1.54) is 0 Å². The van der Waals surface area contributed by atoms with E-state index in [2.05, 4.69) is 19.9 Å². The van der Waals surface area contributed by atoms with Crippen LogP contribution in [0.25, 0.3) is 11.2 Å². The van der Waals surface area contributed by atoms with Crippen molar-refractivity contribution in [2.45, 2.75) is 20.8 Å². The largest absolute Gasteiger partial charge is 0.390 e. The van der Waals surface area contributed by atoms with Crippen LogP contribution in [-0.4, -0.2) is 24.9 Å². The molecule has 0 saturated carbocycles. The average Bonchev–Trinajstić information content (AvgIpc) is 2.93. The molecule has 0 atom stereocenters. The number of imidazole rings is 1. The van der Waals surface area contributed by atoms with Crippen molar-refractivity contribution in [1.82, 2.24) is 19.9 Å². The molecule has 21 heavy (non-hydrogen) atoms. The van der Waals surface area contributed by atoms with Gasteiger partial charge in [0.25, 0.3) is 5.82 Å². The third-order valence-corrected chi connectivity index (χ3v) is 2.75. The van der Waals surface area contributed by atoms with Crippen LogP contribution >= 0.6 is 12.2 Å². The van der Waals surface area contributed by atoms with Gasteiger partial charge in [0, 0.05) is 0 Å². The lowest BCUT2D eigenvalue weighted by Crippen LogP contribution is -2.71. The fraction of sp³-hybridized carbons (Fsp3) is 0.231. The summed E-state index contributed by atoms with van der Waals surface area (Å²) in [6.45, 7) is 5.85. The Kier molecular flexibility index (Phi) is 6.44. The van der Waals surface area contributed by atoms with Gasteiger partial charge in [-0.25, -0.2) is 4.98 Å². The Morgan fingerprint density at radius 3 is 2.76 bits per heavy atom. The number of nitrogens with one attached hydrogen (secondary N) is 1. The molecule has 7 nitrogen and oxygen atoms in total. The average molecular weight is 306 g/mol. The van der Waals surface area contributed by atoms with Gasteiger partial charge in [0.15, 0.2) is 11.2 Å². The zero-order valence-corrected chi connectivity index (χ0v) is 13.1. The molecule has 2 heterocycles. The lowest BCUT2D eigenvalue weighted by molar-refractivity contribution is -0.498. The highest BCUT2D eigenvalue weighted by molar-refractivity contribution is 7.80. The van der Waals surface area contributed by atoms with E-state index in [9.17, 15) is 0 Å². The molecule has 2 aromatic rings. The molecule has 7 N–H and O–H groups in total. The maximum absolute atomic E-state index is 5.61. The molecular weight excluding hydrogens is 286 g/mol. The van der Waals surface area contributed by atoms with Crippen molar-refractivity contribution in [2.24, 2.45) is 5.73 Å². The lowest BCUT2D eigenvalue weighted by Gasteiger charge is -1.97. The van der Waals surface area contributed by atoms with Gasteiger partial charge in [-0.2, -0.15) is 9.97 Å². The van der Waals surface area contributed by atoms with Crippen molar-refractivity contribution in [3.8, 4) is 0 Å². The molecule has 0 aliphatic carbocycles. The number of hydrogen-bond donors (Lipinski definition) is 4. The van der Waals surface area contributed by atoms with Crippen molar-refractivity contribution >= 4 is 40.1 Å². The summed E-state index contributed by atoms with van der Waals surface area (Å²) < 4.78 is 0. The summed E-state index contributed by atoms with van der Waals surface area (Å²) in [5.41, 5.74) is 13.2. The highest BCUT2D eigenvalue weighted by Gasteiger charge is 2.10. The van der Waals surface area contributed by atoms with Gasteiger partial charge in [0.05, 0.1) is 17.5 Å². The number of nitrogens with zero attached hydrogens (tertiary/aromatic N) is 3. The molecule has 2 aromatic heterocycles. The second kappa shape index (κ2) is 8.08. The highest BCUT2D eigenvalue weighted by Crippen LogP contribution is 2.12. The van der Waals surface area contributed by atoms with E-state index in [1.807, 2.05) is 44.4 Å². The zero-order chi connectivity index (χ0) is 15.8. The van der Waals surface area contributed by atoms with Crippen molar-refractivity contribution in [2.75, 3.05) is 5.73 Å². The van der Waals surface area contributed by atoms with Crippen LogP contribution in [0.4, 0.5) is 11.8 Å². The normalized spacial score (nSPS) is 11.5. The van der Waals surface area contributed by atoms with Crippen LogP contribution in [0.15, 0.2) is 30.3 Å². The monoisotopic (exact) mass is 306 g/mol. The fourth-order valence-electron chi connectivity index (χ4n) is 1.42. The first kappa shape index (κ1) is 16.7. The number of fused-ring (bicyclic) bond motifs is 1. The van der Waals surface area contributed by atoms with Crippen LogP contribution in [0.2, 0.25) is 0 Å². The number of H-pyrrole nitrogens is 1. The van der Waals surface area contributed by atoms with Crippen LogP contribution in [-0.2, 0) is 0 Å². The number of thiocarbonyl (C=S) groups is 1. The number of quaternary nitrogens is 1. The molecule has 0 fully saturated rings. The molecule has 0 unspecified atom stereocenters. The molecule has 0 aromatic carbocycles. The van der Waals surface area contributed by atoms with Gasteiger partial charge in [-0.3, -0.25) is 5.32 Å². The minimum atomic E-state index is 0.189. The van der Waals surface area contributed by atoms with Crippen LogP contribution in [0.3, 0.4) is 0 Å². The summed E-state index contributed by atoms with van der Waals surface area (Å²) in [6, 6.07) is 0. The van der Waals surface area contributed by atoms with Crippen LogP contribution in [0.5, 0.6) is 0 Å². The summed E-state index contributed by atoms with van der Waals surface area (Å²) in [5, 5.41) is 1.81. The smallest absolute Gasteiger partial charge is 0.260 e. The number of allylic oxidation sites excluding steroid dienone is 2. The van der Waals surface area contributed by atoms with Gasteiger partial charge in [0.2, 0.25) is 5.95 Å². The van der Waals surface area contributed by atoms with Gasteiger partial charge in [-0.1, -0.05) is 32.1 Å². The molecule has 0 saturated heterocycles. The first-order chi connectivity index (χ1) is 10.1. The van der Waals surface area contributed by atoms with Crippen molar-refractivity contribution in [3.05, 3.63) is 30.3 Å². The van der Waals surface area contributed by atoms with E-state index in [4.69, 9.17) is 23.7 Å². The number of aromatic nitrogens is 4. The molecule has 0 amide bonds. The Morgan fingerprint density at radius 1 is 1.38 bits per heavy atom. The Bertz CT molecular complexity index is 672. The molecule has 2 rings (SSSR count). The van der Waals surface area contributed by atoms with E-state index in [-0.39, 0.29) is 5.95 Å². The summed E-state index contributed by atoms with van der Waals surface area (Å²) in [7, 11) is 0. The number of hydrogen-bond acceptors (Lipinski definition) is 5. The first-order valence-corrected chi connectivity index (χ1v) is 6.93. The van der Waals surface area contributed by atoms with Gasteiger partial charge >= 0.3 is 0 Å². The standard InChI is InChI=1S/C11H13N7S.C2H6/c1-6(8(12)19)3-2-4-14-9-7-10(16-5-15-7)18-11(13)17-9;1-2/h2-5H,1H3,(H2,12,19)(H4,13,14,15,16,17,18);1-2H3/p+1/b4-2-,6-3+;. The quantitative estimate of drug-likeness (QED) is 0.378. The van der Waals surface area contributed by atoms with E-state index in [0.29, 0.717) is 16.5 Å². The highest BCUT2D eigenvalue weighted by atomic mass is 32.1. The summed E-state index contributed by atoms with van der Waals surface area (Å²) in [6.07, 6.45) is 7.03. The van der Waals surface area contributed by atoms with Crippen molar-refractivity contribution in [1.29, 1.82) is 0 Å². The Balaban J connectivity index is 0.00000106. The Labute approximate surface area is 128 Å². The number of aromatic amines is 1. The maximum Gasteiger partial charge on any atom is 0.260 e. The SMILES string of the molecule is C/C(=C\C=C/[NH2+]c1nc(N)nc2nc[nH]c12)C(N)=S.CC. The minimum absolute atomic E-state index is 0.189. The first-order valence-electron chi connectivity index (χ1n) is 6.52. The Morgan fingerprint density at radius 2 is 2.10 bits per heavy atom. The van der Waals surface area contributed by atoms with Crippen LogP contribution in [0, 0.1) is 0 Å². The van der Waals surface area contributed by atoms with E-state index >= 15 is 0 Å². The molecule has 0 bridgehead atoms. The zero-order valence-electron chi connectivity index (χ0n) is 12.3. The van der Waals surface area contributed by atoms with Gasteiger partial charge in [-0.05, 0) is 18.6 Å². The number of anilines is 1. The van der Waals surface area contributed by atoms with Gasteiger partial charge in [0.1, 0.15) is 0 Å². The number of nitrogens with two attached hydrogens (primary N) is 3. The molecule has 0 aliphatic heterocycles. The Hall–Kier alpha value is -2.32. The predicted octanol–water partition coefficient (Wildman–Crippen LogP) is 0.902. The third-order valence-electron chi connectivity index (χ3n) is 2.43. The topological polar surface area (TPSA) is 123 Å². The summed E-state index contributed by atoms with van der Waals surface area (Å²) >= 11 is 4.85. The predicted molar refractivity (Wildman–Crippen MR) is 88.7 cm³/mol. The van der Waals surface area contributed by atoms with Crippen LogP contribution in [0.1, 0.15) is 20.8 Å². The maximum atomic E-state index is 5.61. The van der Waals surface area contributed by atoms with Crippen LogP contribution < -0.4 is 16.8 Å². The lowest BCUT2D eigenvalue weighted by atomic mass is 10.3. The van der Waals surface area contributed by atoms with E-state index in [0.717, 1.165) is 11.1 Å². The van der Waals surface area contributed by atoms with Gasteiger partial charge in [-0.15, -0.1) is 0 Å². The van der Waals surface area contributed by atoms with E-state index < -0.39 is 0 Å².